The van der Waals surface area contributed by atoms with E-state index in [1.165, 1.54) is 6.07 Å². The predicted molar refractivity (Wildman–Crippen MR) is 71.3 cm³/mol. The summed E-state index contributed by atoms with van der Waals surface area (Å²) in [6, 6.07) is 3.17. The van der Waals surface area contributed by atoms with Crippen molar-refractivity contribution < 1.29 is 14.6 Å². The fraction of sp³-hybridized carbons (Fsp3) is 0.538. The van der Waals surface area contributed by atoms with E-state index in [0.29, 0.717) is 37.3 Å². The van der Waals surface area contributed by atoms with Gasteiger partial charge in [0.2, 0.25) is 0 Å². The maximum absolute atomic E-state index is 12.0. The van der Waals surface area contributed by atoms with Gasteiger partial charge in [0.25, 0.3) is 5.91 Å². The number of hydrogen-bond donors (Lipinski definition) is 2. The standard InChI is InChI=1S/C13H17ClN2O3/c1-9-6-10(7-11(14)16-9)12(17)15-8-13(18)2-4-19-5-3-13/h6-7,18H,2-5,8H2,1H3,(H,15,17). The van der Waals surface area contributed by atoms with Gasteiger partial charge in [0, 0.05) is 43.9 Å². The summed E-state index contributed by atoms with van der Waals surface area (Å²) in [6.07, 6.45) is 1.06. The highest BCUT2D eigenvalue weighted by Gasteiger charge is 2.30. The Bertz CT molecular complexity index is 453. The molecule has 1 aromatic heterocycles. The lowest BCUT2D eigenvalue weighted by molar-refractivity contribution is -0.0605. The first kappa shape index (κ1) is 14.2. The monoisotopic (exact) mass is 284 g/mol. The van der Waals surface area contributed by atoms with E-state index in [-0.39, 0.29) is 17.6 Å². The minimum absolute atomic E-state index is 0.216. The van der Waals surface area contributed by atoms with E-state index in [2.05, 4.69) is 10.3 Å². The maximum Gasteiger partial charge on any atom is 0.251 e. The summed E-state index contributed by atoms with van der Waals surface area (Å²) >= 11 is 5.81. The van der Waals surface area contributed by atoms with Crippen LogP contribution in [0.5, 0.6) is 0 Å². The number of halogens is 1. The van der Waals surface area contributed by atoms with Crippen LogP contribution in [0.15, 0.2) is 12.1 Å². The molecule has 0 aliphatic carbocycles. The van der Waals surface area contributed by atoms with Crippen LogP contribution in [0.4, 0.5) is 0 Å². The van der Waals surface area contributed by atoms with Gasteiger partial charge >= 0.3 is 0 Å². The highest BCUT2D eigenvalue weighted by atomic mass is 35.5. The molecule has 0 spiro atoms. The van der Waals surface area contributed by atoms with Gasteiger partial charge in [0.05, 0.1) is 5.60 Å². The number of pyridine rings is 1. The van der Waals surface area contributed by atoms with E-state index in [4.69, 9.17) is 16.3 Å². The molecule has 0 saturated carbocycles. The van der Waals surface area contributed by atoms with Crippen LogP contribution in [-0.4, -0.2) is 41.4 Å². The van der Waals surface area contributed by atoms with Gasteiger partial charge in [0.15, 0.2) is 0 Å². The summed E-state index contributed by atoms with van der Waals surface area (Å²) in [5, 5.41) is 13.3. The quantitative estimate of drug-likeness (QED) is 0.821. The molecule has 1 aliphatic rings. The molecule has 0 bridgehead atoms. The van der Waals surface area contributed by atoms with Crippen LogP contribution >= 0.6 is 11.6 Å². The number of nitrogens with one attached hydrogen (secondary N) is 1. The zero-order chi connectivity index (χ0) is 13.9. The van der Waals surface area contributed by atoms with Crippen molar-refractivity contribution >= 4 is 17.5 Å². The van der Waals surface area contributed by atoms with Gasteiger partial charge in [-0.2, -0.15) is 0 Å². The zero-order valence-electron chi connectivity index (χ0n) is 10.8. The molecule has 0 radical (unpaired) electrons. The SMILES string of the molecule is Cc1cc(C(=O)NCC2(O)CCOCC2)cc(Cl)n1. The minimum atomic E-state index is -0.875. The molecule has 0 unspecified atom stereocenters. The van der Waals surface area contributed by atoms with Gasteiger partial charge in [0.1, 0.15) is 5.15 Å². The van der Waals surface area contributed by atoms with Crippen LogP contribution in [0.25, 0.3) is 0 Å². The lowest BCUT2D eigenvalue weighted by atomic mass is 9.94. The van der Waals surface area contributed by atoms with Crippen molar-refractivity contribution in [2.45, 2.75) is 25.4 Å². The second-order valence-corrected chi connectivity index (χ2v) is 5.23. The molecule has 5 nitrogen and oxygen atoms in total. The van der Waals surface area contributed by atoms with E-state index in [0.717, 1.165) is 0 Å². The number of carbonyl (C=O) groups excluding carboxylic acids is 1. The molecule has 1 amide bonds. The first-order valence-electron chi connectivity index (χ1n) is 6.21. The first-order valence-corrected chi connectivity index (χ1v) is 6.59. The Hall–Kier alpha value is -1.17. The second-order valence-electron chi connectivity index (χ2n) is 4.84. The topological polar surface area (TPSA) is 71.5 Å². The number of aryl methyl sites for hydroxylation is 1. The molecule has 1 saturated heterocycles. The Morgan fingerprint density at radius 3 is 2.84 bits per heavy atom. The van der Waals surface area contributed by atoms with E-state index < -0.39 is 5.60 Å². The summed E-state index contributed by atoms with van der Waals surface area (Å²) in [6.45, 7) is 3.03. The minimum Gasteiger partial charge on any atom is -0.388 e. The Balaban J connectivity index is 1.97. The highest BCUT2D eigenvalue weighted by molar-refractivity contribution is 6.29. The molecule has 1 aromatic rings. The maximum atomic E-state index is 12.0. The van der Waals surface area contributed by atoms with Crippen LogP contribution in [0, 0.1) is 6.92 Å². The van der Waals surface area contributed by atoms with Crippen molar-refractivity contribution in [3.05, 3.63) is 28.5 Å². The smallest absolute Gasteiger partial charge is 0.251 e. The van der Waals surface area contributed by atoms with Crippen LogP contribution in [0.1, 0.15) is 28.9 Å². The zero-order valence-corrected chi connectivity index (χ0v) is 11.5. The molecule has 1 aliphatic heterocycles. The lowest BCUT2D eigenvalue weighted by Crippen LogP contribution is -2.46. The van der Waals surface area contributed by atoms with Gasteiger partial charge in [-0.15, -0.1) is 0 Å². The molecule has 1 fully saturated rings. The number of amides is 1. The third kappa shape index (κ3) is 3.89. The number of ether oxygens (including phenoxy) is 1. The van der Waals surface area contributed by atoms with Crippen molar-refractivity contribution in [2.24, 2.45) is 0 Å². The Morgan fingerprint density at radius 1 is 1.53 bits per heavy atom. The van der Waals surface area contributed by atoms with E-state index >= 15 is 0 Å². The number of aliphatic hydroxyl groups is 1. The van der Waals surface area contributed by atoms with Crippen molar-refractivity contribution in [3.63, 3.8) is 0 Å². The summed E-state index contributed by atoms with van der Waals surface area (Å²) < 4.78 is 5.19. The number of hydrogen-bond acceptors (Lipinski definition) is 4. The number of aromatic nitrogens is 1. The van der Waals surface area contributed by atoms with Crippen molar-refractivity contribution in [1.82, 2.24) is 10.3 Å². The van der Waals surface area contributed by atoms with Gasteiger partial charge in [-0.1, -0.05) is 11.6 Å². The fourth-order valence-electron chi connectivity index (χ4n) is 2.03. The van der Waals surface area contributed by atoms with Crippen molar-refractivity contribution in [3.8, 4) is 0 Å². The summed E-state index contributed by atoms with van der Waals surface area (Å²) in [5.41, 5.74) is 0.260. The third-order valence-electron chi connectivity index (χ3n) is 3.19. The van der Waals surface area contributed by atoms with E-state index in [9.17, 15) is 9.90 Å². The number of nitrogens with zero attached hydrogens (tertiary/aromatic N) is 1. The van der Waals surface area contributed by atoms with Gasteiger partial charge in [-0.25, -0.2) is 4.98 Å². The first-order chi connectivity index (χ1) is 8.98. The molecule has 104 valence electrons. The average molecular weight is 285 g/mol. The van der Waals surface area contributed by atoms with Gasteiger partial charge in [-0.05, 0) is 19.1 Å². The Morgan fingerprint density at radius 2 is 2.21 bits per heavy atom. The lowest BCUT2D eigenvalue weighted by Gasteiger charge is -2.32. The van der Waals surface area contributed by atoms with E-state index in [1.54, 1.807) is 13.0 Å². The van der Waals surface area contributed by atoms with E-state index in [1.807, 2.05) is 0 Å². The largest absolute Gasteiger partial charge is 0.388 e. The molecule has 19 heavy (non-hydrogen) atoms. The van der Waals surface area contributed by atoms with Crippen LogP contribution in [0.3, 0.4) is 0 Å². The van der Waals surface area contributed by atoms with Gasteiger partial charge < -0.3 is 15.2 Å². The van der Waals surface area contributed by atoms with Crippen LogP contribution in [-0.2, 0) is 4.74 Å². The second kappa shape index (κ2) is 5.86. The molecular weight excluding hydrogens is 268 g/mol. The average Bonchev–Trinajstić information content (AvgIpc) is 2.36. The molecule has 0 atom stereocenters. The summed E-state index contributed by atoms with van der Waals surface area (Å²) in [7, 11) is 0. The summed E-state index contributed by atoms with van der Waals surface area (Å²) in [4.78, 5) is 16.0. The molecule has 6 heteroatoms. The fourth-order valence-corrected chi connectivity index (χ4v) is 2.29. The third-order valence-corrected chi connectivity index (χ3v) is 3.38. The van der Waals surface area contributed by atoms with Crippen molar-refractivity contribution in [2.75, 3.05) is 19.8 Å². The highest BCUT2D eigenvalue weighted by Crippen LogP contribution is 2.19. The molecule has 0 aromatic carbocycles. The predicted octanol–water partition coefficient (Wildman–Crippen LogP) is 1.31. The number of carbonyl (C=O) groups is 1. The van der Waals surface area contributed by atoms with Crippen molar-refractivity contribution in [1.29, 1.82) is 0 Å². The molecule has 2 heterocycles. The molecule has 2 rings (SSSR count). The van der Waals surface area contributed by atoms with Crippen LogP contribution in [0.2, 0.25) is 5.15 Å². The molecule has 2 N–H and O–H groups in total. The Labute approximate surface area is 116 Å². The number of rotatable bonds is 3. The van der Waals surface area contributed by atoms with Gasteiger partial charge in [-0.3, -0.25) is 4.79 Å². The Kier molecular flexibility index (Phi) is 4.39. The van der Waals surface area contributed by atoms with Crippen LogP contribution < -0.4 is 5.32 Å². The normalized spacial score (nSPS) is 18.1. The molecular formula is C13H17ClN2O3. The summed E-state index contributed by atoms with van der Waals surface area (Å²) in [5.74, 6) is -0.257.